The van der Waals surface area contributed by atoms with Crippen molar-refractivity contribution in [3.05, 3.63) is 47.0 Å². The van der Waals surface area contributed by atoms with E-state index >= 15 is 0 Å². The molecule has 0 saturated carbocycles. The average Bonchev–Trinajstić information content (AvgIpc) is 3.08. The zero-order valence-electron chi connectivity index (χ0n) is 15.4. The van der Waals surface area contributed by atoms with Gasteiger partial charge in [0.2, 0.25) is 0 Å². The molecule has 7 heteroatoms. The minimum absolute atomic E-state index is 0.223. The lowest BCUT2D eigenvalue weighted by Crippen LogP contribution is -2.26. The van der Waals surface area contributed by atoms with Crippen LogP contribution in [0.4, 0.5) is 5.69 Å². The number of nitriles is 1. The SMILES string of the molecule is CCCCNC(=O)c1nc(C(=O)Nc2cccc(C#N)c2)n2c1CCCC2. The first kappa shape index (κ1) is 18.6. The lowest BCUT2D eigenvalue weighted by molar-refractivity contribution is 0.0947. The zero-order chi connectivity index (χ0) is 19.2. The minimum Gasteiger partial charge on any atom is -0.351 e. The number of fused-ring (bicyclic) bond motifs is 1. The van der Waals surface area contributed by atoms with Crippen LogP contribution in [0.3, 0.4) is 0 Å². The monoisotopic (exact) mass is 365 g/mol. The number of benzene rings is 1. The van der Waals surface area contributed by atoms with E-state index in [0.717, 1.165) is 37.8 Å². The van der Waals surface area contributed by atoms with Gasteiger partial charge in [0.1, 0.15) is 5.69 Å². The van der Waals surface area contributed by atoms with Crippen molar-refractivity contribution in [3.8, 4) is 6.07 Å². The molecule has 0 aliphatic carbocycles. The van der Waals surface area contributed by atoms with E-state index in [2.05, 4.69) is 22.5 Å². The molecule has 1 aromatic heterocycles. The molecule has 2 heterocycles. The van der Waals surface area contributed by atoms with Crippen LogP contribution in [-0.4, -0.2) is 27.9 Å². The highest BCUT2D eigenvalue weighted by atomic mass is 16.2. The number of anilines is 1. The molecule has 2 amide bonds. The Kier molecular flexibility index (Phi) is 5.87. The Morgan fingerprint density at radius 2 is 2.15 bits per heavy atom. The maximum absolute atomic E-state index is 12.8. The van der Waals surface area contributed by atoms with Gasteiger partial charge in [-0.2, -0.15) is 5.26 Å². The number of hydrogen-bond acceptors (Lipinski definition) is 4. The van der Waals surface area contributed by atoms with Crippen LogP contribution in [-0.2, 0) is 13.0 Å². The standard InChI is InChI=1S/C20H23N5O2/c1-2-3-10-22-19(26)17-16-9-4-5-11-25(16)18(24-17)20(27)23-15-8-6-7-14(12-15)13-21/h6-8,12H,2-5,9-11H2,1H3,(H,22,26)(H,23,27). The maximum Gasteiger partial charge on any atom is 0.291 e. The first-order valence-electron chi connectivity index (χ1n) is 9.33. The van der Waals surface area contributed by atoms with Crippen LogP contribution in [0.1, 0.15) is 65.0 Å². The van der Waals surface area contributed by atoms with Crippen LogP contribution >= 0.6 is 0 Å². The molecule has 0 radical (unpaired) electrons. The third kappa shape index (κ3) is 4.17. The Morgan fingerprint density at radius 3 is 2.93 bits per heavy atom. The summed E-state index contributed by atoms with van der Waals surface area (Å²) in [6.07, 6.45) is 4.57. The molecule has 0 fully saturated rings. The fraction of sp³-hybridized carbons (Fsp3) is 0.400. The highest BCUT2D eigenvalue weighted by Gasteiger charge is 2.27. The number of aromatic nitrogens is 2. The third-order valence-corrected chi connectivity index (χ3v) is 4.60. The summed E-state index contributed by atoms with van der Waals surface area (Å²) in [6.45, 7) is 3.34. The van der Waals surface area contributed by atoms with E-state index in [-0.39, 0.29) is 17.6 Å². The second-order valence-corrected chi connectivity index (χ2v) is 6.60. The molecule has 1 aliphatic heterocycles. The van der Waals surface area contributed by atoms with Gasteiger partial charge in [-0.15, -0.1) is 0 Å². The number of imidazole rings is 1. The summed E-state index contributed by atoms with van der Waals surface area (Å²) < 4.78 is 1.85. The fourth-order valence-corrected chi connectivity index (χ4v) is 3.21. The molecule has 2 aromatic rings. The quantitative estimate of drug-likeness (QED) is 0.769. The van der Waals surface area contributed by atoms with E-state index in [1.807, 2.05) is 10.6 Å². The van der Waals surface area contributed by atoms with Crippen molar-refractivity contribution in [3.63, 3.8) is 0 Å². The molecule has 27 heavy (non-hydrogen) atoms. The van der Waals surface area contributed by atoms with Crippen molar-refractivity contribution in [1.29, 1.82) is 5.26 Å². The smallest absolute Gasteiger partial charge is 0.291 e. The molecular formula is C20H23N5O2. The van der Waals surface area contributed by atoms with Gasteiger partial charge in [0, 0.05) is 18.8 Å². The number of carbonyl (C=O) groups is 2. The van der Waals surface area contributed by atoms with Crippen LogP contribution in [0.25, 0.3) is 0 Å². The number of rotatable bonds is 6. The van der Waals surface area contributed by atoms with Crippen LogP contribution in [0.5, 0.6) is 0 Å². The molecular weight excluding hydrogens is 342 g/mol. The molecule has 1 aliphatic rings. The van der Waals surface area contributed by atoms with Gasteiger partial charge in [0.25, 0.3) is 11.8 Å². The molecule has 0 bridgehead atoms. The number of amides is 2. The molecule has 1 aromatic carbocycles. The Hall–Kier alpha value is -3.14. The van der Waals surface area contributed by atoms with E-state index < -0.39 is 0 Å². The second-order valence-electron chi connectivity index (χ2n) is 6.60. The first-order chi connectivity index (χ1) is 13.1. The first-order valence-corrected chi connectivity index (χ1v) is 9.33. The predicted octanol–water partition coefficient (Wildman–Crippen LogP) is 2.87. The van der Waals surface area contributed by atoms with Gasteiger partial charge in [0.05, 0.1) is 17.3 Å². The zero-order valence-corrected chi connectivity index (χ0v) is 15.4. The van der Waals surface area contributed by atoms with Crippen molar-refractivity contribution in [1.82, 2.24) is 14.9 Å². The Morgan fingerprint density at radius 1 is 1.30 bits per heavy atom. The van der Waals surface area contributed by atoms with Gasteiger partial charge in [-0.1, -0.05) is 19.4 Å². The van der Waals surface area contributed by atoms with E-state index in [1.165, 1.54) is 0 Å². The van der Waals surface area contributed by atoms with Crippen LogP contribution in [0, 0.1) is 11.3 Å². The van der Waals surface area contributed by atoms with E-state index in [0.29, 0.717) is 30.0 Å². The highest BCUT2D eigenvalue weighted by molar-refractivity contribution is 6.03. The van der Waals surface area contributed by atoms with Crippen molar-refractivity contribution >= 4 is 17.5 Å². The van der Waals surface area contributed by atoms with Crippen LogP contribution in [0.2, 0.25) is 0 Å². The molecule has 7 nitrogen and oxygen atoms in total. The summed E-state index contributed by atoms with van der Waals surface area (Å²) >= 11 is 0. The lowest BCUT2D eigenvalue weighted by Gasteiger charge is -2.17. The van der Waals surface area contributed by atoms with Gasteiger partial charge >= 0.3 is 0 Å². The minimum atomic E-state index is -0.374. The normalized spacial score (nSPS) is 12.7. The van der Waals surface area contributed by atoms with Crippen molar-refractivity contribution in [2.24, 2.45) is 0 Å². The van der Waals surface area contributed by atoms with Gasteiger partial charge in [-0.25, -0.2) is 4.98 Å². The lowest BCUT2D eigenvalue weighted by atomic mass is 10.1. The molecule has 3 rings (SSSR count). The Balaban J connectivity index is 1.85. The van der Waals surface area contributed by atoms with E-state index in [9.17, 15) is 9.59 Å². The van der Waals surface area contributed by atoms with Gasteiger partial charge in [-0.3, -0.25) is 9.59 Å². The van der Waals surface area contributed by atoms with Crippen molar-refractivity contribution in [2.45, 2.75) is 45.6 Å². The highest BCUT2D eigenvalue weighted by Crippen LogP contribution is 2.22. The summed E-state index contributed by atoms with van der Waals surface area (Å²) in [5.41, 5.74) is 2.17. The van der Waals surface area contributed by atoms with Crippen molar-refractivity contribution < 1.29 is 9.59 Å². The number of nitrogens with one attached hydrogen (secondary N) is 2. The van der Waals surface area contributed by atoms with Gasteiger partial charge < -0.3 is 15.2 Å². The average molecular weight is 365 g/mol. The fourth-order valence-electron chi connectivity index (χ4n) is 3.21. The molecule has 0 spiro atoms. The summed E-state index contributed by atoms with van der Waals surface area (Å²) in [5.74, 6) is -0.354. The third-order valence-electron chi connectivity index (χ3n) is 4.60. The van der Waals surface area contributed by atoms with Crippen LogP contribution in [0.15, 0.2) is 24.3 Å². The second kappa shape index (κ2) is 8.49. The maximum atomic E-state index is 12.8. The van der Waals surface area contributed by atoms with Gasteiger partial charge in [0.15, 0.2) is 5.82 Å². The predicted molar refractivity (Wildman–Crippen MR) is 102 cm³/mol. The number of carbonyl (C=O) groups excluding carboxylic acids is 2. The summed E-state index contributed by atoms with van der Waals surface area (Å²) in [5, 5.41) is 14.7. The van der Waals surface area contributed by atoms with E-state index in [4.69, 9.17) is 5.26 Å². The molecule has 0 atom stereocenters. The van der Waals surface area contributed by atoms with E-state index in [1.54, 1.807) is 24.3 Å². The Bertz CT molecular complexity index is 894. The molecule has 140 valence electrons. The number of hydrogen-bond donors (Lipinski definition) is 2. The number of unbranched alkanes of at least 4 members (excludes halogenated alkanes) is 1. The van der Waals surface area contributed by atoms with Crippen molar-refractivity contribution in [2.75, 3.05) is 11.9 Å². The Labute approximate surface area is 158 Å². The van der Waals surface area contributed by atoms with Gasteiger partial charge in [-0.05, 0) is 43.9 Å². The summed E-state index contributed by atoms with van der Waals surface area (Å²) in [7, 11) is 0. The molecule has 0 saturated heterocycles. The molecule has 2 N–H and O–H groups in total. The molecule has 0 unspecified atom stereocenters. The number of nitrogens with zero attached hydrogens (tertiary/aromatic N) is 3. The summed E-state index contributed by atoms with van der Waals surface area (Å²) in [4.78, 5) is 29.7. The largest absolute Gasteiger partial charge is 0.351 e. The summed E-state index contributed by atoms with van der Waals surface area (Å²) in [6, 6.07) is 8.76. The van der Waals surface area contributed by atoms with Crippen LogP contribution < -0.4 is 10.6 Å². The topological polar surface area (TPSA) is 99.8 Å².